The number of pyridine rings is 1. The lowest BCUT2D eigenvalue weighted by atomic mass is 10.2. The van der Waals surface area contributed by atoms with Crippen LogP contribution in [0.3, 0.4) is 0 Å². The zero-order valence-electron chi connectivity index (χ0n) is 8.52. The van der Waals surface area contributed by atoms with Crippen molar-refractivity contribution in [2.24, 2.45) is 0 Å². The van der Waals surface area contributed by atoms with Crippen LogP contribution in [-0.4, -0.2) is 10.1 Å². The van der Waals surface area contributed by atoms with Gasteiger partial charge in [-0.3, -0.25) is 0 Å². The van der Waals surface area contributed by atoms with Gasteiger partial charge in [0.05, 0.1) is 0 Å². The number of phenols is 1. The van der Waals surface area contributed by atoms with E-state index in [1.807, 2.05) is 6.07 Å². The van der Waals surface area contributed by atoms with Crippen molar-refractivity contribution < 1.29 is 9.50 Å². The number of aromatic nitrogens is 1. The van der Waals surface area contributed by atoms with Crippen LogP contribution in [0.4, 0.5) is 10.1 Å². The number of hydrogen-bond donors (Lipinski definition) is 2. The van der Waals surface area contributed by atoms with Crippen molar-refractivity contribution >= 4 is 5.69 Å². The van der Waals surface area contributed by atoms with E-state index < -0.39 is 5.95 Å². The van der Waals surface area contributed by atoms with Gasteiger partial charge in [0.1, 0.15) is 5.75 Å². The van der Waals surface area contributed by atoms with Crippen LogP contribution >= 0.6 is 0 Å². The summed E-state index contributed by atoms with van der Waals surface area (Å²) in [6.07, 6.45) is 1.39. The minimum atomic E-state index is -0.526. The van der Waals surface area contributed by atoms with Gasteiger partial charge in [0.2, 0.25) is 5.95 Å². The molecule has 0 unspecified atom stereocenters. The minimum Gasteiger partial charge on any atom is -0.508 e. The third-order valence-electron chi connectivity index (χ3n) is 2.20. The van der Waals surface area contributed by atoms with Gasteiger partial charge in [0, 0.05) is 30.1 Å². The highest BCUT2D eigenvalue weighted by atomic mass is 19.1. The molecular weight excluding hydrogens is 207 g/mol. The molecule has 0 atom stereocenters. The Morgan fingerprint density at radius 3 is 2.81 bits per heavy atom. The molecular formula is C12H11FN2O. The van der Waals surface area contributed by atoms with E-state index in [0.717, 1.165) is 5.56 Å². The minimum absolute atomic E-state index is 0.226. The Bertz CT molecular complexity index is 488. The maximum atomic E-state index is 12.8. The van der Waals surface area contributed by atoms with Crippen molar-refractivity contribution in [1.29, 1.82) is 0 Å². The molecule has 2 aromatic rings. The normalized spacial score (nSPS) is 10.1. The van der Waals surface area contributed by atoms with Crippen molar-refractivity contribution in [3.8, 4) is 5.75 Å². The molecule has 82 valence electrons. The van der Waals surface area contributed by atoms with Crippen LogP contribution in [0.5, 0.6) is 5.75 Å². The van der Waals surface area contributed by atoms with Gasteiger partial charge in [-0.15, -0.1) is 0 Å². The Hall–Kier alpha value is -2.10. The summed E-state index contributed by atoms with van der Waals surface area (Å²) in [7, 11) is 0. The number of para-hydroxylation sites is 1. The number of nitrogens with one attached hydrogen (secondary N) is 1. The van der Waals surface area contributed by atoms with Gasteiger partial charge in [-0.2, -0.15) is 4.39 Å². The van der Waals surface area contributed by atoms with Gasteiger partial charge >= 0.3 is 0 Å². The van der Waals surface area contributed by atoms with E-state index in [2.05, 4.69) is 10.3 Å². The van der Waals surface area contributed by atoms with E-state index in [1.54, 1.807) is 24.3 Å². The predicted octanol–water partition coefficient (Wildman–Crippen LogP) is 2.54. The first kappa shape index (κ1) is 10.4. The SMILES string of the molecule is Oc1ccccc1CNc1ccnc(F)c1. The number of phenolic OH excluding ortho intramolecular Hbond substituents is 1. The van der Waals surface area contributed by atoms with Crippen LogP contribution < -0.4 is 5.32 Å². The van der Waals surface area contributed by atoms with Crippen molar-refractivity contribution in [2.45, 2.75) is 6.54 Å². The monoisotopic (exact) mass is 218 g/mol. The Kier molecular flexibility index (Phi) is 3.00. The lowest BCUT2D eigenvalue weighted by Crippen LogP contribution is -2.00. The van der Waals surface area contributed by atoms with E-state index in [9.17, 15) is 9.50 Å². The first-order valence-corrected chi connectivity index (χ1v) is 4.88. The number of anilines is 1. The summed E-state index contributed by atoms with van der Waals surface area (Å²) < 4.78 is 12.8. The van der Waals surface area contributed by atoms with E-state index in [1.165, 1.54) is 12.3 Å². The van der Waals surface area contributed by atoms with Crippen molar-refractivity contribution in [1.82, 2.24) is 4.98 Å². The molecule has 1 heterocycles. The average molecular weight is 218 g/mol. The van der Waals surface area contributed by atoms with Gasteiger partial charge < -0.3 is 10.4 Å². The zero-order valence-corrected chi connectivity index (χ0v) is 8.52. The molecule has 4 heteroatoms. The molecule has 2 N–H and O–H groups in total. The van der Waals surface area contributed by atoms with Gasteiger partial charge in [-0.1, -0.05) is 18.2 Å². The fourth-order valence-electron chi connectivity index (χ4n) is 1.37. The molecule has 0 saturated heterocycles. The lowest BCUT2D eigenvalue weighted by Gasteiger charge is -2.07. The molecule has 1 aromatic carbocycles. The maximum absolute atomic E-state index is 12.8. The number of nitrogens with zero attached hydrogens (tertiary/aromatic N) is 1. The van der Waals surface area contributed by atoms with Crippen LogP contribution in [-0.2, 0) is 6.54 Å². The second kappa shape index (κ2) is 4.61. The zero-order chi connectivity index (χ0) is 11.4. The maximum Gasteiger partial charge on any atom is 0.214 e. The molecule has 2 rings (SSSR count). The number of aromatic hydroxyl groups is 1. The highest BCUT2D eigenvalue weighted by Gasteiger charge is 2.00. The molecule has 0 bridgehead atoms. The number of rotatable bonds is 3. The highest BCUT2D eigenvalue weighted by Crippen LogP contribution is 2.17. The summed E-state index contributed by atoms with van der Waals surface area (Å²) in [5.41, 5.74) is 1.40. The largest absolute Gasteiger partial charge is 0.508 e. The smallest absolute Gasteiger partial charge is 0.214 e. The average Bonchev–Trinajstić information content (AvgIpc) is 2.28. The molecule has 0 aliphatic carbocycles. The molecule has 0 aliphatic rings. The van der Waals surface area contributed by atoms with Gasteiger partial charge in [-0.05, 0) is 12.1 Å². The molecule has 0 radical (unpaired) electrons. The predicted molar refractivity (Wildman–Crippen MR) is 59.6 cm³/mol. The highest BCUT2D eigenvalue weighted by molar-refractivity contribution is 5.43. The topological polar surface area (TPSA) is 45.1 Å². The van der Waals surface area contributed by atoms with Crippen molar-refractivity contribution in [2.75, 3.05) is 5.32 Å². The van der Waals surface area contributed by atoms with Crippen LogP contribution in [0.2, 0.25) is 0 Å². The van der Waals surface area contributed by atoms with E-state index in [-0.39, 0.29) is 5.75 Å². The summed E-state index contributed by atoms with van der Waals surface area (Å²) in [5.74, 6) is -0.299. The molecule has 3 nitrogen and oxygen atoms in total. The lowest BCUT2D eigenvalue weighted by molar-refractivity contribution is 0.469. The fourth-order valence-corrected chi connectivity index (χ4v) is 1.37. The standard InChI is InChI=1S/C12H11FN2O/c13-12-7-10(5-6-14-12)15-8-9-3-1-2-4-11(9)16/h1-7,16H,8H2,(H,14,15). The Morgan fingerprint density at radius 2 is 2.06 bits per heavy atom. The number of halogens is 1. The number of hydrogen-bond acceptors (Lipinski definition) is 3. The summed E-state index contributed by atoms with van der Waals surface area (Å²) in [6, 6.07) is 9.99. The van der Waals surface area contributed by atoms with E-state index in [0.29, 0.717) is 12.2 Å². The van der Waals surface area contributed by atoms with Gasteiger partial charge in [-0.25, -0.2) is 4.98 Å². The summed E-state index contributed by atoms with van der Waals surface area (Å²) in [6.45, 7) is 0.441. The molecule has 0 fully saturated rings. The quantitative estimate of drug-likeness (QED) is 0.778. The van der Waals surface area contributed by atoms with Crippen molar-refractivity contribution in [3.63, 3.8) is 0 Å². The third kappa shape index (κ3) is 2.48. The van der Waals surface area contributed by atoms with E-state index >= 15 is 0 Å². The van der Waals surface area contributed by atoms with E-state index in [4.69, 9.17) is 0 Å². The second-order valence-corrected chi connectivity index (χ2v) is 3.35. The van der Waals surface area contributed by atoms with Crippen LogP contribution in [0.15, 0.2) is 42.6 Å². The Balaban J connectivity index is 2.05. The molecule has 0 spiro atoms. The first-order valence-electron chi connectivity index (χ1n) is 4.88. The molecule has 0 saturated carbocycles. The Morgan fingerprint density at radius 1 is 1.25 bits per heavy atom. The van der Waals surface area contributed by atoms with Gasteiger partial charge in [0.15, 0.2) is 0 Å². The van der Waals surface area contributed by atoms with Crippen LogP contribution in [0, 0.1) is 5.95 Å². The molecule has 0 aliphatic heterocycles. The Labute approximate surface area is 92.6 Å². The van der Waals surface area contributed by atoms with Crippen molar-refractivity contribution in [3.05, 3.63) is 54.1 Å². The molecule has 1 aromatic heterocycles. The van der Waals surface area contributed by atoms with Crippen LogP contribution in [0.1, 0.15) is 5.56 Å². The summed E-state index contributed by atoms with van der Waals surface area (Å²) >= 11 is 0. The van der Waals surface area contributed by atoms with Crippen LogP contribution in [0.25, 0.3) is 0 Å². The summed E-state index contributed by atoms with van der Waals surface area (Å²) in [4.78, 5) is 3.46. The molecule has 16 heavy (non-hydrogen) atoms. The second-order valence-electron chi connectivity index (χ2n) is 3.35. The fraction of sp³-hybridized carbons (Fsp3) is 0.0833. The first-order chi connectivity index (χ1) is 7.75. The van der Waals surface area contributed by atoms with Gasteiger partial charge in [0.25, 0.3) is 0 Å². The summed E-state index contributed by atoms with van der Waals surface area (Å²) in [5, 5.41) is 12.5. The number of benzene rings is 1. The third-order valence-corrected chi connectivity index (χ3v) is 2.20. The molecule has 0 amide bonds.